The van der Waals surface area contributed by atoms with Crippen LogP contribution in [0.25, 0.3) is 0 Å². The lowest BCUT2D eigenvalue weighted by atomic mass is 9.97. The summed E-state index contributed by atoms with van der Waals surface area (Å²) >= 11 is 0. The van der Waals surface area contributed by atoms with E-state index in [9.17, 15) is 17.6 Å². The third-order valence-electron chi connectivity index (χ3n) is 2.86. The van der Waals surface area contributed by atoms with Crippen molar-refractivity contribution in [2.45, 2.75) is 32.4 Å². The van der Waals surface area contributed by atoms with Crippen molar-refractivity contribution in [1.82, 2.24) is 0 Å². The predicted molar refractivity (Wildman–Crippen MR) is 67.1 cm³/mol. The smallest absolute Gasteiger partial charge is 0.389 e. The molecule has 114 valence electrons. The van der Waals surface area contributed by atoms with Crippen LogP contribution in [0.5, 0.6) is 5.75 Å². The van der Waals surface area contributed by atoms with Crippen molar-refractivity contribution in [3.05, 3.63) is 29.6 Å². The fraction of sp³-hybridized carbons (Fsp3) is 0.571. The second-order valence-corrected chi connectivity index (χ2v) is 4.79. The topological polar surface area (TPSA) is 29.5 Å². The van der Waals surface area contributed by atoms with E-state index in [4.69, 9.17) is 9.84 Å². The molecule has 0 saturated carbocycles. The summed E-state index contributed by atoms with van der Waals surface area (Å²) < 4.78 is 55.0. The molecule has 0 saturated heterocycles. The van der Waals surface area contributed by atoms with Gasteiger partial charge in [-0.05, 0) is 30.4 Å². The zero-order chi connectivity index (χ0) is 15.2. The molecule has 0 aliphatic rings. The Hall–Kier alpha value is -1.30. The van der Waals surface area contributed by atoms with Crippen molar-refractivity contribution in [2.24, 2.45) is 5.92 Å². The maximum atomic E-state index is 13.1. The molecule has 1 atom stereocenters. The fourth-order valence-corrected chi connectivity index (χ4v) is 1.92. The second kappa shape index (κ2) is 7.47. The Bertz CT molecular complexity index is 418. The van der Waals surface area contributed by atoms with E-state index >= 15 is 0 Å². The number of aryl methyl sites for hydroxylation is 1. The molecule has 0 aromatic heterocycles. The number of hydrogen-bond donors (Lipinski definition) is 1. The fourth-order valence-electron chi connectivity index (χ4n) is 1.92. The van der Waals surface area contributed by atoms with Crippen LogP contribution in [0.2, 0.25) is 0 Å². The Balaban J connectivity index is 2.62. The summed E-state index contributed by atoms with van der Waals surface area (Å²) in [5, 5.41) is 8.69. The molecular formula is C14H18F4O2. The molecule has 0 bridgehead atoms. The van der Waals surface area contributed by atoms with E-state index in [1.165, 1.54) is 25.1 Å². The first-order valence-corrected chi connectivity index (χ1v) is 6.40. The minimum absolute atomic E-state index is 0.0224. The minimum atomic E-state index is -4.17. The molecule has 0 fully saturated rings. The number of halogens is 4. The van der Waals surface area contributed by atoms with E-state index in [1.54, 1.807) is 0 Å². The second-order valence-electron chi connectivity index (χ2n) is 4.79. The van der Waals surface area contributed by atoms with Crippen LogP contribution in [0.3, 0.4) is 0 Å². The molecule has 1 unspecified atom stereocenters. The first-order chi connectivity index (χ1) is 9.31. The summed E-state index contributed by atoms with van der Waals surface area (Å²) in [5.74, 6) is -0.714. The molecule has 2 nitrogen and oxygen atoms in total. The van der Waals surface area contributed by atoms with E-state index < -0.39 is 24.3 Å². The summed E-state index contributed by atoms with van der Waals surface area (Å²) in [6.45, 7) is 1.35. The molecule has 1 aromatic rings. The van der Waals surface area contributed by atoms with Gasteiger partial charge in [-0.15, -0.1) is 0 Å². The highest BCUT2D eigenvalue weighted by Crippen LogP contribution is 2.29. The third kappa shape index (κ3) is 6.23. The number of benzene rings is 1. The molecule has 0 heterocycles. The lowest BCUT2D eigenvalue weighted by Crippen LogP contribution is -2.13. The van der Waals surface area contributed by atoms with Crippen LogP contribution in [0.4, 0.5) is 17.6 Å². The first-order valence-electron chi connectivity index (χ1n) is 6.40. The van der Waals surface area contributed by atoms with Crippen LogP contribution in [0, 0.1) is 11.7 Å². The Morgan fingerprint density at radius 3 is 2.60 bits per heavy atom. The lowest BCUT2D eigenvalue weighted by Gasteiger charge is -2.15. The minimum Gasteiger partial charge on any atom is -0.491 e. The molecule has 0 radical (unpaired) electrons. The van der Waals surface area contributed by atoms with Crippen LogP contribution in [-0.4, -0.2) is 24.5 Å². The van der Waals surface area contributed by atoms with Crippen LogP contribution in [0.1, 0.15) is 25.3 Å². The first kappa shape index (κ1) is 16.8. The molecule has 6 heteroatoms. The Morgan fingerprint density at radius 2 is 2.00 bits per heavy atom. The predicted octanol–water partition coefficient (Wildman–Crippen LogP) is 3.72. The van der Waals surface area contributed by atoms with Crippen LogP contribution in [0.15, 0.2) is 18.2 Å². The summed E-state index contributed by atoms with van der Waals surface area (Å²) in [6.07, 6.45) is -4.29. The number of rotatable bonds is 7. The van der Waals surface area contributed by atoms with E-state index in [-0.39, 0.29) is 19.0 Å². The molecule has 0 spiro atoms. The van der Waals surface area contributed by atoms with Crippen LogP contribution >= 0.6 is 0 Å². The quantitative estimate of drug-likeness (QED) is 0.777. The van der Waals surface area contributed by atoms with Gasteiger partial charge in [0, 0.05) is 12.5 Å². The van der Waals surface area contributed by atoms with Crippen molar-refractivity contribution >= 4 is 0 Å². The number of aliphatic hydroxyl groups is 1. The van der Waals surface area contributed by atoms with Crippen molar-refractivity contribution in [2.75, 3.05) is 13.2 Å². The monoisotopic (exact) mass is 294 g/mol. The number of aliphatic hydroxyl groups excluding tert-OH is 1. The van der Waals surface area contributed by atoms with Gasteiger partial charge in [0.05, 0.1) is 6.61 Å². The largest absolute Gasteiger partial charge is 0.491 e. The van der Waals surface area contributed by atoms with Gasteiger partial charge in [0.25, 0.3) is 0 Å². The Labute approximate surface area is 115 Å². The van der Waals surface area contributed by atoms with E-state index in [0.717, 1.165) is 0 Å². The van der Waals surface area contributed by atoms with Gasteiger partial charge in [-0.2, -0.15) is 13.2 Å². The van der Waals surface area contributed by atoms with Crippen LogP contribution in [-0.2, 0) is 6.42 Å². The number of ether oxygens (including phenoxy) is 1. The molecule has 0 aliphatic heterocycles. The summed E-state index contributed by atoms with van der Waals surface area (Å²) in [4.78, 5) is 0. The van der Waals surface area contributed by atoms with E-state index in [2.05, 4.69) is 0 Å². The van der Waals surface area contributed by atoms with Gasteiger partial charge in [0.1, 0.15) is 18.2 Å². The number of alkyl halides is 3. The average Bonchev–Trinajstić information content (AvgIpc) is 2.33. The van der Waals surface area contributed by atoms with Gasteiger partial charge in [0.2, 0.25) is 0 Å². The average molecular weight is 294 g/mol. The highest BCUT2D eigenvalue weighted by Gasteiger charge is 2.29. The molecule has 1 aromatic carbocycles. The summed E-state index contributed by atoms with van der Waals surface area (Å²) in [6, 6.07) is 3.93. The molecule has 1 N–H and O–H groups in total. The zero-order valence-electron chi connectivity index (χ0n) is 11.2. The lowest BCUT2D eigenvalue weighted by molar-refractivity contribution is -0.143. The molecule has 0 amide bonds. The highest BCUT2D eigenvalue weighted by atomic mass is 19.4. The van der Waals surface area contributed by atoms with Gasteiger partial charge in [0.15, 0.2) is 0 Å². The summed E-state index contributed by atoms with van der Waals surface area (Å²) in [7, 11) is 0. The highest BCUT2D eigenvalue weighted by molar-refractivity contribution is 5.34. The SMILES string of the molecule is CC(CCc1ccc(F)cc1OCCO)CC(F)(F)F. The van der Waals surface area contributed by atoms with E-state index in [1.807, 2.05) is 0 Å². The molecule has 20 heavy (non-hydrogen) atoms. The van der Waals surface area contributed by atoms with E-state index in [0.29, 0.717) is 18.4 Å². The van der Waals surface area contributed by atoms with Gasteiger partial charge >= 0.3 is 6.18 Å². The maximum Gasteiger partial charge on any atom is 0.389 e. The molecule has 1 rings (SSSR count). The van der Waals surface area contributed by atoms with Crippen LogP contribution < -0.4 is 4.74 Å². The standard InChI is InChI=1S/C14H18F4O2/c1-10(9-14(16,17)18)2-3-11-4-5-12(15)8-13(11)20-7-6-19/h4-5,8,10,19H,2-3,6-7,9H2,1H3. The van der Waals surface area contributed by atoms with Gasteiger partial charge in [-0.25, -0.2) is 4.39 Å². The normalized spacial score (nSPS) is 13.3. The van der Waals surface area contributed by atoms with Crippen molar-refractivity contribution in [3.63, 3.8) is 0 Å². The third-order valence-corrected chi connectivity index (χ3v) is 2.86. The number of hydrogen-bond acceptors (Lipinski definition) is 2. The zero-order valence-corrected chi connectivity index (χ0v) is 11.2. The van der Waals surface area contributed by atoms with Crippen molar-refractivity contribution in [3.8, 4) is 5.75 Å². The maximum absolute atomic E-state index is 13.1. The molecule has 0 aliphatic carbocycles. The van der Waals surface area contributed by atoms with Gasteiger partial charge in [-0.1, -0.05) is 13.0 Å². The van der Waals surface area contributed by atoms with Crippen molar-refractivity contribution in [1.29, 1.82) is 0 Å². The Kier molecular flexibility index (Phi) is 6.26. The van der Waals surface area contributed by atoms with Gasteiger partial charge in [-0.3, -0.25) is 0 Å². The van der Waals surface area contributed by atoms with Crippen molar-refractivity contribution < 1.29 is 27.4 Å². The van der Waals surface area contributed by atoms with Gasteiger partial charge < -0.3 is 9.84 Å². The summed E-state index contributed by atoms with van der Waals surface area (Å²) in [5.41, 5.74) is 0.647. The molecular weight excluding hydrogens is 276 g/mol. The Morgan fingerprint density at radius 1 is 1.30 bits per heavy atom.